The molecule has 0 radical (unpaired) electrons. The Morgan fingerprint density at radius 2 is 1.81 bits per heavy atom. The third-order valence-electron chi connectivity index (χ3n) is 3.57. The van der Waals surface area contributed by atoms with Gasteiger partial charge in [-0.05, 0) is 44.0 Å². The Labute approximate surface area is 126 Å². The van der Waals surface area contributed by atoms with Gasteiger partial charge in [-0.2, -0.15) is 0 Å². The van der Waals surface area contributed by atoms with Gasteiger partial charge in [0.2, 0.25) is 5.91 Å². The molecular formula is C18H23N2O+. The van der Waals surface area contributed by atoms with Gasteiger partial charge in [0.1, 0.15) is 0 Å². The molecule has 0 saturated carbocycles. The Bertz CT molecular complexity index is 605. The zero-order valence-corrected chi connectivity index (χ0v) is 13.0. The first-order valence-electron chi connectivity index (χ1n) is 7.43. The fourth-order valence-electron chi connectivity index (χ4n) is 2.34. The van der Waals surface area contributed by atoms with Gasteiger partial charge in [0.25, 0.3) is 0 Å². The van der Waals surface area contributed by atoms with Crippen LogP contribution >= 0.6 is 0 Å². The minimum absolute atomic E-state index is 0.163. The van der Waals surface area contributed by atoms with Crippen molar-refractivity contribution in [2.24, 2.45) is 0 Å². The minimum atomic E-state index is 0.163. The summed E-state index contributed by atoms with van der Waals surface area (Å²) >= 11 is 0. The number of hydrogen-bond acceptors (Lipinski definition) is 1. The van der Waals surface area contributed by atoms with Gasteiger partial charge < -0.3 is 4.90 Å². The summed E-state index contributed by atoms with van der Waals surface area (Å²) < 4.78 is 2.05. The van der Waals surface area contributed by atoms with Crippen LogP contribution in [0.1, 0.15) is 24.5 Å². The number of benzene rings is 1. The molecule has 1 aromatic carbocycles. The number of carbonyl (C=O) groups excluding carboxylic acids is 1. The second kappa shape index (κ2) is 7.02. The van der Waals surface area contributed by atoms with Crippen LogP contribution in [-0.4, -0.2) is 12.5 Å². The summed E-state index contributed by atoms with van der Waals surface area (Å²) in [5.41, 5.74) is 3.38. The van der Waals surface area contributed by atoms with Crippen molar-refractivity contribution < 1.29 is 9.36 Å². The van der Waals surface area contributed by atoms with E-state index in [2.05, 4.69) is 29.7 Å². The SMILES string of the molecule is CCN(C(=O)CC[n+]1ccc(C)cc1)c1cccc(C)c1. The third kappa shape index (κ3) is 4.15. The number of pyridine rings is 1. The van der Waals surface area contributed by atoms with Gasteiger partial charge in [0, 0.05) is 24.4 Å². The van der Waals surface area contributed by atoms with E-state index >= 15 is 0 Å². The molecule has 0 aliphatic heterocycles. The summed E-state index contributed by atoms with van der Waals surface area (Å²) in [5.74, 6) is 0.163. The third-order valence-corrected chi connectivity index (χ3v) is 3.57. The fourth-order valence-corrected chi connectivity index (χ4v) is 2.34. The predicted octanol–water partition coefficient (Wildman–Crippen LogP) is 3.03. The van der Waals surface area contributed by atoms with Gasteiger partial charge >= 0.3 is 0 Å². The average molecular weight is 283 g/mol. The molecule has 1 amide bonds. The van der Waals surface area contributed by atoms with Crippen LogP contribution in [0.25, 0.3) is 0 Å². The molecule has 110 valence electrons. The Balaban J connectivity index is 2.02. The number of anilines is 1. The standard InChI is InChI=1S/C18H23N2O/c1-4-20(17-7-5-6-16(3)14-17)18(21)10-13-19-11-8-15(2)9-12-19/h5-9,11-12,14H,4,10,13H2,1-3H3/q+1. The molecule has 0 unspecified atom stereocenters. The number of aromatic nitrogens is 1. The lowest BCUT2D eigenvalue weighted by Crippen LogP contribution is -2.38. The maximum Gasteiger partial charge on any atom is 0.233 e. The van der Waals surface area contributed by atoms with E-state index in [-0.39, 0.29) is 5.91 Å². The predicted molar refractivity (Wildman–Crippen MR) is 85.2 cm³/mol. The van der Waals surface area contributed by atoms with Crippen molar-refractivity contribution in [3.05, 3.63) is 59.9 Å². The van der Waals surface area contributed by atoms with Crippen LogP contribution in [0, 0.1) is 13.8 Å². The Hall–Kier alpha value is -2.16. The molecule has 21 heavy (non-hydrogen) atoms. The zero-order chi connectivity index (χ0) is 15.2. The first-order chi connectivity index (χ1) is 10.1. The van der Waals surface area contributed by atoms with E-state index in [1.54, 1.807) is 0 Å². The highest BCUT2D eigenvalue weighted by Crippen LogP contribution is 2.16. The van der Waals surface area contributed by atoms with E-state index in [9.17, 15) is 4.79 Å². The highest BCUT2D eigenvalue weighted by molar-refractivity contribution is 5.93. The molecule has 2 rings (SSSR count). The first kappa shape index (κ1) is 15.2. The summed E-state index contributed by atoms with van der Waals surface area (Å²) in [7, 11) is 0. The number of aryl methyl sites for hydroxylation is 3. The van der Waals surface area contributed by atoms with Crippen molar-refractivity contribution in [1.29, 1.82) is 0 Å². The van der Waals surface area contributed by atoms with Crippen LogP contribution < -0.4 is 9.47 Å². The fraction of sp³-hybridized carbons (Fsp3) is 0.333. The van der Waals surface area contributed by atoms with Crippen molar-refractivity contribution in [2.45, 2.75) is 33.7 Å². The first-order valence-corrected chi connectivity index (χ1v) is 7.43. The van der Waals surface area contributed by atoms with Gasteiger partial charge in [0.05, 0.1) is 6.42 Å². The molecule has 2 aromatic rings. The molecule has 0 aliphatic carbocycles. The molecule has 3 heteroatoms. The van der Waals surface area contributed by atoms with E-state index in [1.165, 1.54) is 11.1 Å². The van der Waals surface area contributed by atoms with Gasteiger partial charge in [-0.1, -0.05) is 12.1 Å². The zero-order valence-electron chi connectivity index (χ0n) is 13.0. The van der Waals surface area contributed by atoms with Crippen LogP contribution in [0.4, 0.5) is 5.69 Å². The van der Waals surface area contributed by atoms with Crippen LogP contribution in [0.15, 0.2) is 48.8 Å². The molecule has 0 saturated heterocycles. The maximum absolute atomic E-state index is 12.4. The lowest BCUT2D eigenvalue weighted by molar-refractivity contribution is -0.695. The van der Waals surface area contributed by atoms with Crippen molar-refractivity contribution in [3.63, 3.8) is 0 Å². The van der Waals surface area contributed by atoms with E-state index in [1.807, 2.05) is 49.3 Å². The quantitative estimate of drug-likeness (QED) is 0.774. The van der Waals surface area contributed by atoms with Crippen LogP contribution in [0.5, 0.6) is 0 Å². The monoisotopic (exact) mass is 283 g/mol. The highest BCUT2D eigenvalue weighted by Gasteiger charge is 2.15. The minimum Gasteiger partial charge on any atom is -0.312 e. The van der Waals surface area contributed by atoms with E-state index in [4.69, 9.17) is 0 Å². The molecular weight excluding hydrogens is 260 g/mol. The average Bonchev–Trinajstić information content (AvgIpc) is 2.47. The smallest absolute Gasteiger partial charge is 0.233 e. The van der Waals surface area contributed by atoms with Crippen molar-refractivity contribution in [3.8, 4) is 0 Å². The second-order valence-electron chi connectivity index (χ2n) is 5.34. The summed E-state index contributed by atoms with van der Waals surface area (Å²) in [6, 6.07) is 12.2. The van der Waals surface area contributed by atoms with Gasteiger partial charge in [0.15, 0.2) is 18.9 Å². The molecule has 0 bridgehead atoms. The molecule has 0 spiro atoms. The van der Waals surface area contributed by atoms with E-state index in [0.29, 0.717) is 19.5 Å². The number of hydrogen-bond donors (Lipinski definition) is 0. The molecule has 0 aliphatic rings. The van der Waals surface area contributed by atoms with Crippen LogP contribution in [0.2, 0.25) is 0 Å². The van der Waals surface area contributed by atoms with Crippen molar-refractivity contribution >= 4 is 11.6 Å². The summed E-state index contributed by atoms with van der Waals surface area (Å²) in [4.78, 5) is 14.3. The molecule has 3 nitrogen and oxygen atoms in total. The molecule has 0 fully saturated rings. The Kier molecular flexibility index (Phi) is 5.09. The summed E-state index contributed by atoms with van der Waals surface area (Å²) in [6.07, 6.45) is 4.55. The number of nitrogens with zero attached hydrogens (tertiary/aromatic N) is 2. The lowest BCUT2D eigenvalue weighted by atomic mass is 10.2. The molecule has 0 N–H and O–H groups in total. The van der Waals surface area contributed by atoms with Gasteiger partial charge in [-0.25, -0.2) is 4.57 Å². The van der Waals surface area contributed by atoms with Gasteiger partial charge in [-0.3, -0.25) is 4.79 Å². The Morgan fingerprint density at radius 3 is 2.43 bits per heavy atom. The number of rotatable bonds is 5. The van der Waals surface area contributed by atoms with Crippen LogP contribution in [0.3, 0.4) is 0 Å². The Morgan fingerprint density at radius 1 is 1.10 bits per heavy atom. The maximum atomic E-state index is 12.4. The van der Waals surface area contributed by atoms with Crippen molar-refractivity contribution in [2.75, 3.05) is 11.4 Å². The lowest BCUT2D eigenvalue weighted by Gasteiger charge is -2.21. The summed E-state index contributed by atoms with van der Waals surface area (Å²) in [5, 5.41) is 0. The van der Waals surface area contributed by atoms with E-state index in [0.717, 1.165) is 5.69 Å². The topological polar surface area (TPSA) is 24.2 Å². The van der Waals surface area contributed by atoms with Crippen molar-refractivity contribution in [1.82, 2.24) is 0 Å². The normalized spacial score (nSPS) is 10.4. The molecule has 1 heterocycles. The van der Waals surface area contributed by atoms with Crippen LogP contribution in [-0.2, 0) is 11.3 Å². The van der Waals surface area contributed by atoms with E-state index < -0.39 is 0 Å². The second-order valence-corrected chi connectivity index (χ2v) is 5.34. The highest BCUT2D eigenvalue weighted by atomic mass is 16.2. The van der Waals surface area contributed by atoms with Gasteiger partial charge in [-0.15, -0.1) is 0 Å². The molecule has 1 aromatic heterocycles. The molecule has 0 atom stereocenters. The number of amides is 1. The largest absolute Gasteiger partial charge is 0.312 e. The number of carbonyl (C=O) groups is 1. The summed E-state index contributed by atoms with van der Waals surface area (Å²) in [6.45, 7) is 7.53.